The number of benzene rings is 2. The van der Waals surface area contributed by atoms with Gasteiger partial charge in [0.2, 0.25) is 11.8 Å². The van der Waals surface area contributed by atoms with Crippen molar-refractivity contribution in [2.45, 2.75) is 11.3 Å². The molecule has 144 valence electrons. The highest BCUT2D eigenvalue weighted by molar-refractivity contribution is 8.00. The molecule has 0 bridgehead atoms. The molecule has 1 aliphatic rings. The maximum atomic E-state index is 12.0. The van der Waals surface area contributed by atoms with Crippen molar-refractivity contribution < 1.29 is 19.1 Å². The lowest BCUT2D eigenvalue weighted by Gasteiger charge is -2.18. The van der Waals surface area contributed by atoms with Gasteiger partial charge < -0.3 is 14.5 Å². The minimum Gasteiger partial charge on any atom is -0.486 e. The van der Waals surface area contributed by atoms with Crippen LogP contribution < -0.4 is 20.3 Å². The Morgan fingerprint density at radius 1 is 1.04 bits per heavy atom. The first-order chi connectivity index (χ1) is 13.7. The summed E-state index contributed by atoms with van der Waals surface area (Å²) in [6.07, 6.45) is 0.0459. The Labute approximate surface area is 165 Å². The van der Waals surface area contributed by atoms with Crippen LogP contribution in [0.5, 0.6) is 11.5 Å². The van der Waals surface area contributed by atoms with Gasteiger partial charge in [0.25, 0.3) is 0 Å². The second-order valence-corrected chi connectivity index (χ2v) is 7.12. The number of hydrazine groups is 1. The standard InChI is InChI=1S/C19H18N4O4S/c24-18(10-17-20-13-3-1-2-4-14(13)21-17)22-23-19(25)11-28-12-5-6-15-16(9-12)27-8-7-26-15/h1-6,9H,7-8,10-11H2,(H,20,21)(H,22,24)(H,23,25). The second-order valence-electron chi connectivity index (χ2n) is 6.07. The van der Waals surface area contributed by atoms with Crippen LogP contribution in [0.2, 0.25) is 0 Å². The lowest BCUT2D eigenvalue weighted by Crippen LogP contribution is -2.43. The van der Waals surface area contributed by atoms with Crippen molar-refractivity contribution >= 4 is 34.6 Å². The first-order valence-electron chi connectivity index (χ1n) is 8.71. The molecule has 9 heteroatoms. The van der Waals surface area contributed by atoms with E-state index in [9.17, 15) is 9.59 Å². The number of aromatic nitrogens is 2. The molecule has 0 atom stereocenters. The molecular formula is C19H18N4O4S. The molecule has 0 saturated heterocycles. The number of nitrogens with one attached hydrogen (secondary N) is 3. The average Bonchev–Trinajstić information content (AvgIpc) is 3.12. The number of fused-ring (bicyclic) bond motifs is 2. The van der Waals surface area contributed by atoms with Crippen LogP contribution in [0.1, 0.15) is 5.82 Å². The summed E-state index contributed by atoms with van der Waals surface area (Å²) in [5.74, 6) is 1.42. The minimum atomic E-state index is -0.350. The summed E-state index contributed by atoms with van der Waals surface area (Å²) in [6, 6.07) is 13.1. The summed E-state index contributed by atoms with van der Waals surface area (Å²) in [7, 11) is 0. The summed E-state index contributed by atoms with van der Waals surface area (Å²) >= 11 is 1.34. The van der Waals surface area contributed by atoms with Gasteiger partial charge >= 0.3 is 0 Å². The second kappa shape index (κ2) is 8.22. The Balaban J connectivity index is 1.23. The summed E-state index contributed by atoms with van der Waals surface area (Å²) in [6.45, 7) is 1.05. The first kappa shape index (κ1) is 18.2. The van der Waals surface area contributed by atoms with E-state index in [2.05, 4.69) is 20.8 Å². The van der Waals surface area contributed by atoms with Crippen LogP contribution >= 0.6 is 11.8 Å². The molecule has 0 spiro atoms. The molecule has 0 fully saturated rings. The van der Waals surface area contributed by atoms with Crippen LogP contribution in [0.15, 0.2) is 47.4 Å². The largest absolute Gasteiger partial charge is 0.486 e. The summed E-state index contributed by atoms with van der Waals surface area (Å²) in [5.41, 5.74) is 6.48. The lowest BCUT2D eigenvalue weighted by molar-refractivity contribution is -0.127. The molecule has 4 rings (SSSR count). The van der Waals surface area contributed by atoms with E-state index >= 15 is 0 Å². The van der Waals surface area contributed by atoms with Crippen molar-refractivity contribution in [1.82, 2.24) is 20.8 Å². The van der Waals surface area contributed by atoms with E-state index in [1.54, 1.807) is 0 Å². The number of rotatable bonds is 5. The van der Waals surface area contributed by atoms with Crippen molar-refractivity contribution in [3.05, 3.63) is 48.3 Å². The number of aromatic amines is 1. The molecule has 1 aromatic heterocycles. The van der Waals surface area contributed by atoms with E-state index in [-0.39, 0.29) is 24.0 Å². The van der Waals surface area contributed by atoms with Gasteiger partial charge in [-0.25, -0.2) is 4.98 Å². The van der Waals surface area contributed by atoms with E-state index in [0.717, 1.165) is 15.9 Å². The van der Waals surface area contributed by atoms with Crippen molar-refractivity contribution in [3.8, 4) is 11.5 Å². The van der Waals surface area contributed by atoms with Gasteiger partial charge in [-0.1, -0.05) is 12.1 Å². The fourth-order valence-electron chi connectivity index (χ4n) is 2.72. The summed E-state index contributed by atoms with van der Waals surface area (Å²) in [4.78, 5) is 32.3. The number of thioether (sulfide) groups is 1. The lowest BCUT2D eigenvalue weighted by atomic mass is 10.3. The zero-order chi connectivity index (χ0) is 19.3. The number of imidazole rings is 1. The summed E-state index contributed by atoms with van der Waals surface area (Å²) in [5, 5.41) is 0. The number of amides is 2. The monoisotopic (exact) mass is 398 g/mol. The summed E-state index contributed by atoms with van der Waals surface area (Å²) < 4.78 is 11.0. The van der Waals surface area contributed by atoms with Crippen molar-refractivity contribution in [2.24, 2.45) is 0 Å². The molecule has 2 aromatic carbocycles. The third-order valence-electron chi connectivity index (χ3n) is 3.99. The molecule has 0 saturated carbocycles. The molecule has 2 amide bonds. The first-order valence-corrected chi connectivity index (χ1v) is 9.70. The van der Waals surface area contributed by atoms with E-state index in [1.165, 1.54) is 11.8 Å². The fourth-order valence-corrected chi connectivity index (χ4v) is 3.45. The average molecular weight is 398 g/mol. The van der Waals surface area contributed by atoms with Gasteiger partial charge in [0.15, 0.2) is 11.5 Å². The highest BCUT2D eigenvalue weighted by atomic mass is 32.2. The minimum absolute atomic E-state index is 0.0459. The third kappa shape index (κ3) is 4.37. The molecule has 0 radical (unpaired) electrons. The van der Waals surface area contributed by atoms with Crippen LogP contribution in [-0.4, -0.2) is 40.7 Å². The molecule has 3 N–H and O–H groups in total. The maximum Gasteiger partial charge on any atom is 0.248 e. The van der Waals surface area contributed by atoms with Crippen molar-refractivity contribution in [1.29, 1.82) is 0 Å². The van der Waals surface area contributed by atoms with Gasteiger partial charge in [0, 0.05) is 4.90 Å². The van der Waals surface area contributed by atoms with E-state index in [0.29, 0.717) is 30.5 Å². The molecule has 0 unspecified atom stereocenters. The van der Waals surface area contributed by atoms with Crippen molar-refractivity contribution in [3.63, 3.8) is 0 Å². The molecule has 1 aliphatic heterocycles. The normalized spacial score (nSPS) is 12.6. The highest BCUT2D eigenvalue weighted by Gasteiger charge is 2.13. The number of H-pyrrole nitrogens is 1. The Bertz CT molecular complexity index is 987. The van der Waals surface area contributed by atoms with E-state index < -0.39 is 0 Å². The Kier molecular flexibility index (Phi) is 5.34. The number of hydrogen-bond acceptors (Lipinski definition) is 6. The number of hydrogen-bond donors (Lipinski definition) is 3. The predicted molar refractivity (Wildman–Crippen MR) is 104 cm³/mol. The van der Waals surface area contributed by atoms with Crippen LogP contribution in [-0.2, 0) is 16.0 Å². The number of carbonyl (C=O) groups is 2. The Morgan fingerprint density at radius 2 is 1.82 bits per heavy atom. The third-order valence-corrected chi connectivity index (χ3v) is 4.99. The van der Waals surface area contributed by atoms with Crippen LogP contribution in [0.3, 0.4) is 0 Å². The fraction of sp³-hybridized carbons (Fsp3) is 0.211. The van der Waals surface area contributed by atoms with Crippen LogP contribution in [0.4, 0.5) is 0 Å². The molecule has 0 aliphatic carbocycles. The number of nitrogens with zero attached hydrogens (tertiary/aromatic N) is 1. The molecule has 28 heavy (non-hydrogen) atoms. The Morgan fingerprint density at radius 3 is 2.68 bits per heavy atom. The zero-order valence-corrected chi connectivity index (χ0v) is 15.7. The van der Waals surface area contributed by atoms with Gasteiger partial charge in [-0.2, -0.15) is 0 Å². The van der Waals surface area contributed by atoms with Crippen molar-refractivity contribution in [2.75, 3.05) is 19.0 Å². The zero-order valence-electron chi connectivity index (χ0n) is 14.9. The van der Waals surface area contributed by atoms with Gasteiger partial charge in [-0.3, -0.25) is 20.4 Å². The molecule has 8 nitrogen and oxygen atoms in total. The smallest absolute Gasteiger partial charge is 0.248 e. The van der Waals surface area contributed by atoms with Crippen LogP contribution in [0.25, 0.3) is 11.0 Å². The highest BCUT2D eigenvalue weighted by Crippen LogP contribution is 2.34. The number of ether oxygens (including phenoxy) is 2. The Hall–Kier alpha value is -3.20. The SMILES string of the molecule is O=C(CSc1ccc2c(c1)OCCO2)NNC(=O)Cc1nc2ccccc2[nH]1. The topological polar surface area (TPSA) is 105 Å². The van der Waals surface area contributed by atoms with E-state index in [4.69, 9.17) is 9.47 Å². The van der Waals surface area contributed by atoms with Gasteiger partial charge in [-0.05, 0) is 30.3 Å². The quantitative estimate of drug-likeness (QED) is 0.447. The van der Waals surface area contributed by atoms with Gasteiger partial charge in [0.1, 0.15) is 19.0 Å². The van der Waals surface area contributed by atoms with Crippen LogP contribution in [0, 0.1) is 0 Å². The molecular weight excluding hydrogens is 380 g/mol. The molecule has 2 heterocycles. The van der Waals surface area contributed by atoms with E-state index in [1.807, 2.05) is 42.5 Å². The van der Waals surface area contributed by atoms with Gasteiger partial charge in [-0.15, -0.1) is 11.8 Å². The predicted octanol–water partition coefficient (Wildman–Crippen LogP) is 1.82. The number of para-hydroxylation sites is 2. The number of carbonyl (C=O) groups excluding carboxylic acids is 2. The maximum absolute atomic E-state index is 12.0. The van der Waals surface area contributed by atoms with Gasteiger partial charge in [0.05, 0.1) is 23.2 Å². The molecule has 3 aromatic rings.